The van der Waals surface area contributed by atoms with Gasteiger partial charge in [0.25, 0.3) is 5.91 Å². The second-order valence-electron chi connectivity index (χ2n) is 9.81. The van der Waals surface area contributed by atoms with Crippen LogP contribution in [-0.4, -0.2) is 34.8 Å². The monoisotopic (exact) mass is 475 g/mol. The summed E-state index contributed by atoms with van der Waals surface area (Å²) in [6.45, 7) is 9.37. The Bertz CT molecular complexity index is 452. The van der Waals surface area contributed by atoms with Crippen molar-refractivity contribution in [2.24, 2.45) is 0 Å². The van der Waals surface area contributed by atoms with E-state index in [1.165, 1.54) is 83.5 Å². The molecule has 0 aromatic carbocycles. The van der Waals surface area contributed by atoms with E-state index in [1.54, 1.807) is 13.8 Å². The van der Waals surface area contributed by atoms with Crippen molar-refractivity contribution in [3.8, 4) is 0 Å². The van der Waals surface area contributed by atoms with Crippen LogP contribution in [0.3, 0.4) is 0 Å². The molecule has 0 spiro atoms. The Kier molecular flexibility index (Phi) is 24.3. The van der Waals surface area contributed by atoms with Crippen LogP contribution in [0.2, 0.25) is 0 Å². The summed E-state index contributed by atoms with van der Waals surface area (Å²) >= 11 is 0. The van der Waals surface area contributed by atoms with E-state index in [0.29, 0.717) is 13.0 Å². The van der Waals surface area contributed by atoms with Crippen LogP contribution in [0.15, 0.2) is 0 Å². The summed E-state index contributed by atoms with van der Waals surface area (Å²) in [6.07, 6.45) is 21.7. The number of quaternary nitrogens is 1. The fourth-order valence-electron chi connectivity index (χ4n) is 3.94. The quantitative estimate of drug-likeness (QED) is 0.121. The smallest absolute Gasteiger partial charge is 0.264 e. The second-order valence-corrected chi connectivity index (χ2v) is 9.81. The van der Waals surface area contributed by atoms with Crippen molar-refractivity contribution >= 4 is 5.91 Å². The third kappa shape index (κ3) is 32.8. The van der Waals surface area contributed by atoms with Crippen molar-refractivity contribution in [3.05, 3.63) is 15.3 Å². The molecule has 0 heterocycles. The fraction of sp³-hybridized carbons (Fsp3) is 0.960. The number of nitrogens with one attached hydrogen (secondary N) is 2. The van der Waals surface area contributed by atoms with E-state index in [0.717, 1.165) is 30.8 Å². The molecule has 3 N–H and O–H groups in total. The van der Waals surface area contributed by atoms with Gasteiger partial charge in [0.1, 0.15) is 12.1 Å². The summed E-state index contributed by atoms with van der Waals surface area (Å²) in [7, 11) is 0. The lowest BCUT2D eigenvalue weighted by atomic mass is 10.0. The van der Waals surface area contributed by atoms with Gasteiger partial charge in [-0.1, -0.05) is 104 Å². The minimum atomic E-state index is -1.75. The highest BCUT2D eigenvalue weighted by atomic mass is 16.9. The van der Waals surface area contributed by atoms with E-state index < -0.39 is 10.7 Å². The zero-order chi connectivity index (χ0) is 25.4. The summed E-state index contributed by atoms with van der Waals surface area (Å²) in [5.74, 6) is 0.118. The van der Waals surface area contributed by atoms with E-state index in [4.69, 9.17) is 15.3 Å². The number of amides is 1. The van der Waals surface area contributed by atoms with Gasteiger partial charge >= 0.3 is 0 Å². The Labute approximate surface area is 202 Å². The molecule has 1 amide bonds. The van der Waals surface area contributed by atoms with Gasteiger partial charge in [0.15, 0.2) is 0 Å². The third-order valence-corrected chi connectivity index (χ3v) is 5.52. The van der Waals surface area contributed by atoms with Gasteiger partial charge in [0.2, 0.25) is 0 Å². The molecule has 8 heteroatoms. The number of carbonyl (C=O) groups is 1. The van der Waals surface area contributed by atoms with Crippen molar-refractivity contribution in [1.29, 1.82) is 0 Å². The van der Waals surface area contributed by atoms with Crippen molar-refractivity contribution in [3.63, 3.8) is 0 Å². The van der Waals surface area contributed by atoms with Crippen LogP contribution in [-0.2, 0) is 4.79 Å². The molecule has 0 fully saturated rings. The summed E-state index contributed by atoms with van der Waals surface area (Å²) in [5.41, 5.74) is 2.28. The molecule has 0 saturated carbocycles. The maximum absolute atomic E-state index is 12.1. The lowest BCUT2D eigenvalue weighted by molar-refractivity contribution is -0.941. The number of rotatable bonds is 21. The maximum atomic E-state index is 12.1. The van der Waals surface area contributed by atoms with Gasteiger partial charge in [0.05, 0.1) is 11.6 Å². The number of aliphatic hydroxyl groups is 1. The lowest BCUT2D eigenvalue weighted by Gasteiger charge is -2.25. The average Bonchev–Trinajstić information content (AvgIpc) is 2.69. The van der Waals surface area contributed by atoms with Gasteiger partial charge in [-0.2, -0.15) is 0 Å². The van der Waals surface area contributed by atoms with Gasteiger partial charge in [0, 0.05) is 6.42 Å². The number of hydrogen-bond donors (Lipinski definition) is 3. The molecular formula is C25H53N3O5. The molecule has 0 aliphatic rings. The molecule has 0 bridgehead atoms. The summed E-state index contributed by atoms with van der Waals surface area (Å²) in [5, 5.41) is 25.7. The highest BCUT2D eigenvalue weighted by Gasteiger charge is 2.22. The molecule has 8 nitrogen and oxygen atoms in total. The van der Waals surface area contributed by atoms with Gasteiger partial charge in [-0.05, 0) is 26.7 Å². The van der Waals surface area contributed by atoms with Crippen LogP contribution in [0.4, 0.5) is 0 Å². The van der Waals surface area contributed by atoms with Crippen molar-refractivity contribution in [2.75, 3.05) is 13.1 Å². The highest BCUT2D eigenvalue weighted by molar-refractivity contribution is 5.74. The molecule has 1 unspecified atom stereocenters. The normalized spacial score (nSPS) is 12.0. The summed E-state index contributed by atoms with van der Waals surface area (Å²) in [4.78, 5) is 20.4. The molecule has 0 rings (SSSR count). The number of hydrogen-bond acceptors (Lipinski definition) is 5. The van der Waals surface area contributed by atoms with Crippen molar-refractivity contribution < 1.29 is 20.0 Å². The maximum Gasteiger partial charge on any atom is 0.264 e. The lowest BCUT2D eigenvalue weighted by Crippen LogP contribution is -3.20. The molecular weight excluding hydrogens is 422 g/mol. The van der Waals surface area contributed by atoms with Gasteiger partial charge in [-0.3, -0.25) is 4.79 Å². The van der Waals surface area contributed by atoms with Crippen molar-refractivity contribution in [1.82, 2.24) is 5.43 Å². The first-order valence-corrected chi connectivity index (χ1v) is 13.3. The SMILES string of the molecule is CCCCCCCCCCCCCCCCCC(=O)N[NH+](CCC)CC(C)(C)O.O=[N+]([O-])[O-]. The zero-order valence-corrected chi connectivity index (χ0v) is 22.0. The largest absolute Gasteiger partial charge is 0.385 e. The standard InChI is InChI=1S/C25H52N2O2.NO3/c1-5-7-8-9-10-11-12-13-14-15-16-17-18-19-20-21-24(28)26-27(22-6-2)23-25(3,4)29;2-1(3)4/h29H,5-23H2,1-4H3,(H,26,28);/q;-1/p+1. The molecule has 0 aliphatic carbocycles. The van der Waals surface area contributed by atoms with E-state index in [1.807, 2.05) is 0 Å². The topological polar surface area (TPSA) is 120 Å². The molecule has 1 atom stereocenters. The van der Waals surface area contributed by atoms with Crippen LogP contribution in [0, 0.1) is 15.3 Å². The van der Waals surface area contributed by atoms with Gasteiger partial charge in [-0.15, -0.1) is 0 Å². The van der Waals surface area contributed by atoms with Crippen LogP contribution >= 0.6 is 0 Å². The predicted octanol–water partition coefficient (Wildman–Crippen LogP) is 5.11. The first kappa shape index (κ1) is 33.8. The van der Waals surface area contributed by atoms with Crippen LogP contribution in [0.25, 0.3) is 0 Å². The Hall–Kier alpha value is -1.41. The predicted molar refractivity (Wildman–Crippen MR) is 135 cm³/mol. The van der Waals surface area contributed by atoms with Crippen LogP contribution in [0.5, 0.6) is 0 Å². The third-order valence-electron chi connectivity index (χ3n) is 5.52. The fourth-order valence-corrected chi connectivity index (χ4v) is 3.94. The molecule has 0 saturated heterocycles. The Morgan fingerprint density at radius 1 is 0.788 bits per heavy atom. The number of nitrogens with zero attached hydrogens (tertiary/aromatic N) is 1. The number of carbonyl (C=O) groups excluding carboxylic acids is 1. The van der Waals surface area contributed by atoms with E-state index >= 15 is 0 Å². The highest BCUT2D eigenvalue weighted by Crippen LogP contribution is 2.13. The second kappa shape index (κ2) is 23.7. The van der Waals surface area contributed by atoms with Crippen LogP contribution in [0.1, 0.15) is 137 Å². The molecule has 0 radical (unpaired) electrons. The summed E-state index contributed by atoms with van der Waals surface area (Å²) < 4.78 is 0. The minimum Gasteiger partial charge on any atom is -0.385 e. The van der Waals surface area contributed by atoms with E-state index in [-0.39, 0.29) is 5.91 Å². The number of unbranched alkanes of at least 4 members (excludes halogenated alkanes) is 14. The first-order chi connectivity index (χ1) is 15.6. The molecule has 33 heavy (non-hydrogen) atoms. The average molecular weight is 476 g/mol. The summed E-state index contributed by atoms with van der Waals surface area (Å²) in [6, 6.07) is 0. The van der Waals surface area contributed by atoms with E-state index in [2.05, 4.69) is 19.3 Å². The van der Waals surface area contributed by atoms with Gasteiger partial charge < -0.3 is 20.4 Å². The van der Waals surface area contributed by atoms with Gasteiger partial charge in [-0.25, -0.2) is 10.4 Å². The Balaban J connectivity index is 0. The zero-order valence-electron chi connectivity index (χ0n) is 22.0. The molecule has 0 aromatic heterocycles. The van der Waals surface area contributed by atoms with Crippen LogP contribution < -0.4 is 10.4 Å². The molecule has 0 aliphatic heterocycles. The van der Waals surface area contributed by atoms with Crippen molar-refractivity contribution in [2.45, 2.75) is 142 Å². The van der Waals surface area contributed by atoms with E-state index in [9.17, 15) is 9.90 Å². The Morgan fingerprint density at radius 2 is 1.15 bits per heavy atom. The molecule has 198 valence electrons. The molecule has 0 aromatic rings. The minimum absolute atomic E-state index is 0.118. The first-order valence-electron chi connectivity index (χ1n) is 13.3. The Morgan fingerprint density at radius 3 is 1.48 bits per heavy atom.